The average Bonchev–Trinajstić information content (AvgIpc) is 3.12. The highest BCUT2D eigenvalue weighted by Gasteiger charge is 2.29. The molecule has 1 fully saturated rings. The fraction of sp³-hybridized carbons (Fsp3) is 0.600. The fourth-order valence-corrected chi connectivity index (χ4v) is 2.98. The van der Waals surface area contributed by atoms with Crippen LogP contribution in [0.2, 0.25) is 0 Å². The highest BCUT2D eigenvalue weighted by molar-refractivity contribution is 5.91. The molecule has 3 rings (SSSR count). The minimum Gasteiger partial charge on any atom is -0.332 e. The van der Waals surface area contributed by atoms with Gasteiger partial charge >= 0.3 is 0 Å². The number of aryl methyl sites for hydroxylation is 2. The predicted molar refractivity (Wildman–Crippen MR) is 82.9 cm³/mol. The summed E-state index contributed by atoms with van der Waals surface area (Å²) in [4.78, 5) is 23.4. The number of hydrogen-bond acceptors (Lipinski definition) is 5. The Morgan fingerprint density at radius 3 is 2.95 bits per heavy atom. The van der Waals surface area contributed by atoms with Gasteiger partial charge < -0.3 is 10.2 Å². The number of nitrogens with one attached hydrogen (secondary N) is 1. The van der Waals surface area contributed by atoms with Crippen LogP contribution in [0.25, 0.3) is 5.78 Å². The van der Waals surface area contributed by atoms with E-state index in [1.807, 2.05) is 24.8 Å². The lowest BCUT2D eigenvalue weighted by molar-refractivity contribution is 0.0680. The largest absolute Gasteiger partial charge is 0.332 e. The molecule has 1 atom stereocenters. The van der Waals surface area contributed by atoms with Gasteiger partial charge in [0.2, 0.25) is 5.82 Å². The maximum Gasteiger partial charge on any atom is 0.293 e. The molecule has 0 radical (unpaired) electrons. The topological polar surface area (TPSA) is 75.4 Å². The molecule has 7 nitrogen and oxygen atoms in total. The number of aromatic nitrogens is 4. The van der Waals surface area contributed by atoms with Crippen LogP contribution in [0.15, 0.2) is 6.07 Å². The summed E-state index contributed by atoms with van der Waals surface area (Å²) in [6, 6.07) is 2.16. The number of fused-ring (bicyclic) bond motifs is 1. The number of amides is 1. The first kappa shape index (κ1) is 14.9. The van der Waals surface area contributed by atoms with E-state index in [0.29, 0.717) is 5.78 Å². The van der Waals surface area contributed by atoms with Gasteiger partial charge in [-0.3, -0.25) is 4.79 Å². The monoisotopic (exact) mass is 302 g/mol. The summed E-state index contributed by atoms with van der Waals surface area (Å²) in [5.41, 5.74) is 1.81. The minimum absolute atomic E-state index is 0.0990. The van der Waals surface area contributed by atoms with Crippen molar-refractivity contribution in [2.45, 2.75) is 39.7 Å². The number of carbonyl (C=O) groups excluding carboxylic acids is 1. The van der Waals surface area contributed by atoms with Gasteiger partial charge in [-0.05, 0) is 39.3 Å². The summed E-state index contributed by atoms with van der Waals surface area (Å²) in [5.74, 6) is 0.626. The molecule has 1 N–H and O–H groups in total. The molecule has 2 aromatic heterocycles. The molecule has 118 valence electrons. The summed E-state index contributed by atoms with van der Waals surface area (Å²) in [5, 5.41) is 7.67. The van der Waals surface area contributed by atoms with Crippen molar-refractivity contribution in [1.82, 2.24) is 29.8 Å². The highest BCUT2D eigenvalue weighted by atomic mass is 16.2. The normalized spacial score (nSPS) is 18.0. The minimum atomic E-state index is -0.0990. The van der Waals surface area contributed by atoms with Crippen LogP contribution in [0.3, 0.4) is 0 Å². The number of carbonyl (C=O) groups is 1. The van der Waals surface area contributed by atoms with E-state index >= 15 is 0 Å². The van der Waals surface area contributed by atoms with Gasteiger partial charge in [0.15, 0.2) is 0 Å². The van der Waals surface area contributed by atoms with E-state index in [-0.39, 0.29) is 17.8 Å². The molecular formula is C15H22N6O. The van der Waals surface area contributed by atoms with E-state index in [0.717, 1.165) is 43.9 Å². The highest BCUT2D eigenvalue weighted by Crippen LogP contribution is 2.13. The van der Waals surface area contributed by atoms with Crippen LogP contribution in [0.5, 0.6) is 0 Å². The lowest BCUT2D eigenvalue weighted by Gasteiger charge is -2.26. The fourth-order valence-electron chi connectivity index (χ4n) is 2.98. The molecule has 7 heteroatoms. The van der Waals surface area contributed by atoms with Gasteiger partial charge in [0.1, 0.15) is 0 Å². The van der Waals surface area contributed by atoms with E-state index in [1.165, 1.54) is 0 Å². The Labute approximate surface area is 129 Å². The van der Waals surface area contributed by atoms with E-state index in [1.54, 1.807) is 4.52 Å². The summed E-state index contributed by atoms with van der Waals surface area (Å²) < 4.78 is 1.64. The third kappa shape index (κ3) is 2.68. The maximum absolute atomic E-state index is 12.8. The Bertz CT molecular complexity index is 689. The summed E-state index contributed by atoms with van der Waals surface area (Å²) in [6.07, 6.45) is 1.90. The van der Waals surface area contributed by atoms with Crippen molar-refractivity contribution in [3.8, 4) is 0 Å². The first-order valence-corrected chi connectivity index (χ1v) is 7.83. The SMILES string of the molecule is CCCN(C(=O)c1nc2nc(C)cc(C)n2n1)C1CCNC1. The van der Waals surface area contributed by atoms with Crippen molar-refractivity contribution in [3.05, 3.63) is 23.3 Å². The zero-order valence-corrected chi connectivity index (χ0v) is 13.3. The predicted octanol–water partition coefficient (Wildman–Crippen LogP) is 0.955. The zero-order chi connectivity index (χ0) is 15.7. The quantitative estimate of drug-likeness (QED) is 0.910. The van der Waals surface area contributed by atoms with Crippen LogP contribution in [-0.2, 0) is 0 Å². The zero-order valence-electron chi connectivity index (χ0n) is 13.3. The van der Waals surface area contributed by atoms with Gasteiger partial charge in [0.25, 0.3) is 11.7 Å². The molecule has 22 heavy (non-hydrogen) atoms. The lowest BCUT2D eigenvalue weighted by Crippen LogP contribution is -2.42. The van der Waals surface area contributed by atoms with Gasteiger partial charge in [-0.25, -0.2) is 9.50 Å². The van der Waals surface area contributed by atoms with Crippen molar-refractivity contribution in [2.24, 2.45) is 0 Å². The van der Waals surface area contributed by atoms with Gasteiger partial charge in [-0.15, -0.1) is 5.10 Å². The van der Waals surface area contributed by atoms with Crippen molar-refractivity contribution in [3.63, 3.8) is 0 Å². The third-order valence-electron chi connectivity index (χ3n) is 4.01. The standard InChI is InChI=1S/C15H22N6O/c1-4-7-20(12-5-6-16-9-12)14(22)13-18-15-17-10(2)8-11(3)21(15)19-13/h8,12,16H,4-7,9H2,1-3H3. The average molecular weight is 302 g/mol. The molecule has 1 aliphatic rings. The molecule has 1 saturated heterocycles. The molecule has 3 heterocycles. The molecule has 1 unspecified atom stereocenters. The third-order valence-corrected chi connectivity index (χ3v) is 4.01. The first-order valence-electron chi connectivity index (χ1n) is 7.83. The molecule has 0 bridgehead atoms. The molecule has 0 saturated carbocycles. The van der Waals surface area contributed by atoms with E-state index < -0.39 is 0 Å². The van der Waals surface area contributed by atoms with Gasteiger partial charge in [-0.2, -0.15) is 4.98 Å². The summed E-state index contributed by atoms with van der Waals surface area (Å²) in [6.45, 7) is 8.46. The Morgan fingerprint density at radius 2 is 2.27 bits per heavy atom. The second-order valence-electron chi connectivity index (χ2n) is 5.83. The smallest absolute Gasteiger partial charge is 0.293 e. The van der Waals surface area contributed by atoms with E-state index in [4.69, 9.17) is 0 Å². The molecule has 0 aromatic carbocycles. The van der Waals surface area contributed by atoms with E-state index in [2.05, 4.69) is 27.3 Å². The second kappa shape index (κ2) is 6.00. The summed E-state index contributed by atoms with van der Waals surface area (Å²) >= 11 is 0. The Morgan fingerprint density at radius 1 is 1.45 bits per heavy atom. The molecule has 0 aliphatic carbocycles. The number of rotatable bonds is 4. The molecule has 1 amide bonds. The van der Waals surface area contributed by atoms with Crippen molar-refractivity contribution < 1.29 is 4.79 Å². The Hall–Kier alpha value is -2.02. The van der Waals surface area contributed by atoms with Gasteiger partial charge in [-0.1, -0.05) is 6.92 Å². The molecule has 2 aromatic rings. The lowest BCUT2D eigenvalue weighted by atomic mass is 10.2. The molecule has 1 aliphatic heterocycles. The van der Waals surface area contributed by atoms with Crippen molar-refractivity contribution in [2.75, 3.05) is 19.6 Å². The maximum atomic E-state index is 12.8. The second-order valence-corrected chi connectivity index (χ2v) is 5.83. The van der Waals surface area contributed by atoms with Crippen LogP contribution in [0, 0.1) is 13.8 Å². The first-order chi connectivity index (χ1) is 10.6. The van der Waals surface area contributed by atoms with Crippen LogP contribution in [0.4, 0.5) is 0 Å². The van der Waals surface area contributed by atoms with Crippen LogP contribution < -0.4 is 5.32 Å². The van der Waals surface area contributed by atoms with Crippen LogP contribution in [0.1, 0.15) is 41.8 Å². The Balaban J connectivity index is 1.94. The Kier molecular flexibility index (Phi) is 4.06. The van der Waals surface area contributed by atoms with Gasteiger partial charge in [0.05, 0.1) is 0 Å². The van der Waals surface area contributed by atoms with Crippen molar-refractivity contribution in [1.29, 1.82) is 0 Å². The molecular weight excluding hydrogens is 280 g/mol. The van der Waals surface area contributed by atoms with Crippen LogP contribution in [-0.4, -0.2) is 56.1 Å². The van der Waals surface area contributed by atoms with Crippen LogP contribution >= 0.6 is 0 Å². The molecule has 0 spiro atoms. The number of hydrogen-bond donors (Lipinski definition) is 1. The summed E-state index contributed by atoms with van der Waals surface area (Å²) in [7, 11) is 0. The number of nitrogens with zero attached hydrogens (tertiary/aromatic N) is 5. The van der Waals surface area contributed by atoms with Crippen molar-refractivity contribution >= 4 is 11.7 Å². The van der Waals surface area contributed by atoms with Gasteiger partial charge in [0, 0.05) is 30.5 Å². The van der Waals surface area contributed by atoms with E-state index in [9.17, 15) is 4.79 Å².